The first-order chi connectivity index (χ1) is 21.5. The minimum absolute atomic E-state index is 0.239. The maximum Gasteiger partial charge on any atom is 0.457 e. The molecule has 0 heterocycles. The predicted molar refractivity (Wildman–Crippen MR) is 171 cm³/mol. The van der Waals surface area contributed by atoms with E-state index in [-0.39, 0.29) is 12.5 Å². The van der Waals surface area contributed by atoms with Gasteiger partial charge in [0.05, 0.1) is 19.8 Å². The molecule has 44 heavy (non-hydrogen) atoms. The first kappa shape index (κ1) is 30.4. The summed E-state index contributed by atoms with van der Waals surface area (Å²) in [5.41, 5.74) is 2.42. The van der Waals surface area contributed by atoms with Crippen molar-refractivity contribution in [3.8, 4) is 17.2 Å². The molecule has 3 N–H and O–H groups in total. The summed E-state index contributed by atoms with van der Waals surface area (Å²) in [5, 5.41) is 16.1. The largest absolute Gasteiger partial charge is 0.497 e. The zero-order chi connectivity index (χ0) is 30.8. The second kappa shape index (κ2) is 14.4. The van der Waals surface area contributed by atoms with Crippen molar-refractivity contribution in [2.75, 3.05) is 19.0 Å². The van der Waals surface area contributed by atoms with Crippen LogP contribution in [-0.4, -0.2) is 24.7 Å². The average Bonchev–Trinajstić information content (AvgIpc) is 3.07. The second-order valence-corrected chi connectivity index (χ2v) is 11.8. The molecule has 0 aliphatic rings. The normalized spacial score (nSPS) is 12.4. The topological polar surface area (TPSA) is 106 Å². The van der Waals surface area contributed by atoms with Gasteiger partial charge in [0, 0.05) is 11.3 Å². The van der Waals surface area contributed by atoms with E-state index in [9.17, 15) is 14.5 Å². The number of hydrogen-bond donors (Lipinski definition) is 3. The molecular formula is C35H33N2O6P. The Morgan fingerprint density at radius 1 is 0.682 bits per heavy atom. The van der Waals surface area contributed by atoms with Gasteiger partial charge in [-0.1, -0.05) is 78.9 Å². The molecule has 0 bridgehead atoms. The van der Waals surface area contributed by atoms with Crippen molar-refractivity contribution >= 4 is 19.2 Å². The molecular weight excluding hydrogens is 575 g/mol. The fourth-order valence-electron chi connectivity index (χ4n) is 4.55. The van der Waals surface area contributed by atoms with Crippen LogP contribution in [-0.2, 0) is 4.57 Å². The van der Waals surface area contributed by atoms with Crippen LogP contribution in [0.3, 0.4) is 0 Å². The van der Waals surface area contributed by atoms with Crippen molar-refractivity contribution in [2.24, 2.45) is 0 Å². The molecule has 0 radical (unpaired) electrons. The molecule has 0 spiro atoms. The molecule has 0 aliphatic heterocycles. The van der Waals surface area contributed by atoms with Gasteiger partial charge in [0.25, 0.3) is 5.91 Å². The Kier molecular flexibility index (Phi) is 9.97. The number of para-hydroxylation sites is 2. The van der Waals surface area contributed by atoms with Crippen molar-refractivity contribution in [3.05, 3.63) is 156 Å². The molecule has 0 fully saturated rings. The van der Waals surface area contributed by atoms with Gasteiger partial charge in [0.1, 0.15) is 17.2 Å². The molecule has 0 saturated carbocycles. The molecule has 9 heteroatoms. The fraction of sp³-hybridized carbons (Fsp3) is 0.114. The highest BCUT2D eigenvalue weighted by Crippen LogP contribution is 2.60. The summed E-state index contributed by atoms with van der Waals surface area (Å²) >= 11 is 0. The number of hydrogen-bond acceptors (Lipinski definition) is 7. The van der Waals surface area contributed by atoms with Gasteiger partial charge in [-0.25, -0.2) is 4.57 Å². The Morgan fingerprint density at radius 3 is 1.70 bits per heavy atom. The van der Waals surface area contributed by atoms with Crippen LogP contribution in [0.2, 0.25) is 0 Å². The maximum absolute atomic E-state index is 14.8. The monoisotopic (exact) mass is 608 g/mol. The first-order valence-electron chi connectivity index (χ1n) is 14.0. The van der Waals surface area contributed by atoms with E-state index in [2.05, 4.69) is 10.6 Å². The fourth-order valence-corrected chi connectivity index (χ4v) is 6.47. The van der Waals surface area contributed by atoms with Crippen LogP contribution in [0.5, 0.6) is 17.2 Å². The Morgan fingerprint density at radius 2 is 1.20 bits per heavy atom. The van der Waals surface area contributed by atoms with Crippen molar-refractivity contribution < 1.29 is 28.3 Å². The Balaban J connectivity index is 1.45. The predicted octanol–water partition coefficient (Wildman–Crippen LogP) is 7.62. The maximum atomic E-state index is 14.8. The number of carbonyl (C=O) groups is 1. The van der Waals surface area contributed by atoms with Gasteiger partial charge in [0.2, 0.25) is 0 Å². The standard InChI is InChI=1S/C35H33N2O6P/c1-41-30-23-19-28(20-24-30)35(44(40,42-31-13-7-3-8-14-31)43-32-15-9-4-10-16-32)36-29-21-17-27(18-22-29)34(39)37-33(25-38)26-11-5-2-6-12-26/h2-24,33,35-36,38H,25H2,1H3,(H,37,39)/t33-,35?/m1/s1. The minimum atomic E-state index is -4.03. The van der Waals surface area contributed by atoms with E-state index in [1.165, 1.54) is 0 Å². The van der Waals surface area contributed by atoms with Gasteiger partial charge < -0.3 is 29.5 Å². The number of carbonyl (C=O) groups excluding carboxylic acids is 1. The highest BCUT2D eigenvalue weighted by molar-refractivity contribution is 7.55. The molecule has 224 valence electrons. The number of rotatable bonds is 13. The molecule has 8 nitrogen and oxygen atoms in total. The number of aliphatic hydroxyl groups excluding tert-OH is 1. The van der Waals surface area contributed by atoms with Gasteiger partial charge in [-0.3, -0.25) is 4.79 Å². The van der Waals surface area contributed by atoms with Crippen molar-refractivity contribution in [1.29, 1.82) is 0 Å². The summed E-state index contributed by atoms with van der Waals surface area (Å²) in [6.07, 6.45) is 0. The van der Waals surface area contributed by atoms with Crippen LogP contribution >= 0.6 is 7.60 Å². The third kappa shape index (κ3) is 7.67. The average molecular weight is 609 g/mol. The number of amides is 1. The summed E-state index contributed by atoms with van der Waals surface area (Å²) in [5.74, 6) is 0.122. The SMILES string of the molecule is COc1ccc(C(Nc2ccc(C(=O)N[C@H](CO)c3ccccc3)cc2)P(=O)(Oc2ccccc2)Oc2ccccc2)cc1. The van der Waals surface area contributed by atoms with E-state index < -0.39 is 19.4 Å². The van der Waals surface area contributed by atoms with Crippen LogP contribution in [0.15, 0.2) is 140 Å². The van der Waals surface area contributed by atoms with Gasteiger partial charge in [-0.05, 0) is 71.8 Å². The van der Waals surface area contributed by atoms with Crippen LogP contribution in [0.4, 0.5) is 5.69 Å². The number of aliphatic hydroxyl groups is 1. The molecule has 2 atom stereocenters. The number of methoxy groups -OCH3 is 1. The lowest BCUT2D eigenvalue weighted by molar-refractivity contribution is 0.0916. The quantitative estimate of drug-likeness (QED) is 0.118. The van der Waals surface area contributed by atoms with Gasteiger partial charge in [-0.15, -0.1) is 0 Å². The molecule has 5 aromatic rings. The minimum Gasteiger partial charge on any atom is -0.497 e. The smallest absolute Gasteiger partial charge is 0.457 e. The summed E-state index contributed by atoms with van der Waals surface area (Å²) in [4.78, 5) is 13.0. The highest BCUT2D eigenvalue weighted by Gasteiger charge is 2.41. The number of nitrogens with one attached hydrogen (secondary N) is 2. The van der Waals surface area contributed by atoms with E-state index in [0.717, 1.165) is 5.56 Å². The lowest BCUT2D eigenvalue weighted by Gasteiger charge is -2.29. The second-order valence-electron chi connectivity index (χ2n) is 9.87. The van der Waals surface area contributed by atoms with Crippen molar-refractivity contribution in [3.63, 3.8) is 0 Å². The van der Waals surface area contributed by atoms with E-state index in [1.54, 1.807) is 104 Å². The van der Waals surface area contributed by atoms with Crippen LogP contribution in [0, 0.1) is 0 Å². The van der Waals surface area contributed by atoms with Crippen molar-refractivity contribution in [1.82, 2.24) is 5.32 Å². The van der Waals surface area contributed by atoms with E-state index in [1.807, 2.05) is 42.5 Å². The first-order valence-corrected chi connectivity index (χ1v) is 15.6. The highest BCUT2D eigenvalue weighted by atomic mass is 31.2. The lowest BCUT2D eigenvalue weighted by atomic mass is 10.1. The Labute approximate surface area is 256 Å². The molecule has 1 amide bonds. The molecule has 1 unspecified atom stereocenters. The molecule has 5 aromatic carbocycles. The molecule has 0 aliphatic carbocycles. The van der Waals surface area contributed by atoms with Crippen LogP contribution in [0.25, 0.3) is 0 Å². The third-order valence-corrected chi connectivity index (χ3v) is 8.83. The Bertz CT molecular complexity index is 1620. The van der Waals surface area contributed by atoms with Crippen LogP contribution < -0.4 is 24.4 Å². The van der Waals surface area contributed by atoms with E-state index in [0.29, 0.717) is 34.1 Å². The summed E-state index contributed by atoms with van der Waals surface area (Å²) in [6, 6.07) is 40.4. The number of anilines is 1. The lowest BCUT2D eigenvalue weighted by Crippen LogP contribution is -2.30. The number of benzene rings is 5. The van der Waals surface area contributed by atoms with Crippen molar-refractivity contribution in [2.45, 2.75) is 11.8 Å². The number of ether oxygens (including phenoxy) is 1. The molecule has 0 saturated heterocycles. The summed E-state index contributed by atoms with van der Waals surface area (Å²) < 4.78 is 32.5. The van der Waals surface area contributed by atoms with E-state index >= 15 is 0 Å². The molecule has 0 aromatic heterocycles. The zero-order valence-electron chi connectivity index (χ0n) is 24.1. The summed E-state index contributed by atoms with van der Waals surface area (Å²) in [6.45, 7) is -0.239. The third-order valence-electron chi connectivity index (χ3n) is 6.84. The van der Waals surface area contributed by atoms with Crippen LogP contribution in [0.1, 0.15) is 33.3 Å². The van der Waals surface area contributed by atoms with Gasteiger partial charge in [-0.2, -0.15) is 0 Å². The zero-order valence-corrected chi connectivity index (χ0v) is 25.0. The Hall–Kier alpha value is -5.04. The van der Waals surface area contributed by atoms with E-state index in [4.69, 9.17) is 13.8 Å². The molecule has 5 rings (SSSR count). The van der Waals surface area contributed by atoms with Gasteiger partial charge >= 0.3 is 7.60 Å². The summed E-state index contributed by atoms with van der Waals surface area (Å²) in [7, 11) is -2.45. The van der Waals surface area contributed by atoms with Gasteiger partial charge in [0.15, 0.2) is 5.78 Å².